The molecule has 2 rings (SSSR count). The van der Waals surface area contributed by atoms with Gasteiger partial charge in [0.2, 0.25) is 17.7 Å². The molecule has 2 aromatic carbocycles. The van der Waals surface area contributed by atoms with E-state index in [0.29, 0.717) is 5.56 Å². The van der Waals surface area contributed by atoms with Gasteiger partial charge in [-0.1, -0.05) is 66.7 Å². The number of nitrogens with one attached hydrogen (secondary N) is 4. The van der Waals surface area contributed by atoms with E-state index in [1.807, 2.05) is 0 Å². The Labute approximate surface area is 252 Å². The highest BCUT2D eigenvalue weighted by Crippen LogP contribution is 2.14. The van der Waals surface area contributed by atoms with Crippen molar-refractivity contribution in [3.63, 3.8) is 0 Å². The van der Waals surface area contributed by atoms with Crippen molar-refractivity contribution in [2.75, 3.05) is 12.8 Å². The number of alkyl carbamates (subject to hydrolysis) is 1. The Kier molecular flexibility index (Phi) is 13.5. The van der Waals surface area contributed by atoms with Crippen molar-refractivity contribution >= 4 is 45.6 Å². The van der Waals surface area contributed by atoms with Gasteiger partial charge in [-0.25, -0.2) is 13.2 Å². The topological polar surface area (TPSA) is 234 Å². The highest BCUT2D eigenvalue weighted by molar-refractivity contribution is 7.93. The summed E-state index contributed by atoms with van der Waals surface area (Å²) >= 11 is 0. The van der Waals surface area contributed by atoms with Crippen LogP contribution in [0.2, 0.25) is 0 Å². The standard InChI is InChI=1S/C28H32N4O11S/c1-44(41,42)13-12-20(14-23(34)35)30-22(33)16-29-27(39)25(19-10-6-3-7-11-19)32-26(38)21(15-24(36)37)31-28(40)43-17-18-8-4-2-5-9-18/h2-13,20-21,25H,14-17H2,1H3,(H,29,39)(H,30,33)(H,31,40)(H,32,38)(H,34,35)(H,36,37)/b13-12+/t20-,21+,25+/m1/s1. The van der Waals surface area contributed by atoms with Crippen LogP contribution in [-0.2, 0) is 45.2 Å². The molecule has 236 valence electrons. The summed E-state index contributed by atoms with van der Waals surface area (Å²) in [5.41, 5.74) is 0.895. The molecule has 0 aliphatic heterocycles. The molecule has 0 fully saturated rings. The first-order valence-electron chi connectivity index (χ1n) is 12.9. The Bertz CT molecular complexity index is 1460. The summed E-state index contributed by atoms with van der Waals surface area (Å²) in [5.74, 6) is -5.55. The molecule has 0 saturated carbocycles. The smallest absolute Gasteiger partial charge is 0.408 e. The van der Waals surface area contributed by atoms with Gasteiger partial charge in [0.1, 0.15) is 18.7 Å². The quantitative estimate of drug-likeness (QED) is 0.147. The van der Waals surface area contributed by atoms with Crippen molar-refractivity contribution in [3.05, 3.63) is 83.3 Å². The second kappa shape index (κ2) is 17.0. The van der Waals surface area contributed by atoms with E-state index in [4.69, 9.17) is 9.84 Å². The molecule has 0 radical (unpaired) electrons. The monoisotopic (exact) mass is 632 g/mol. The zero-order chi connectivity index (χ0) is 32.7. The van der Waals surface area contributed by atoms with Crippen LogP contribution in [-0.4, -0.2) is 79.3 Å². The van der Waals surface area contributed by atoms with Crippen molar-refractivity contribution in [1.82, 2.24) is 21.3 Å². The fourth-order valence-electron chi connectivity index (χ4n) is 3.60. The molecule has 0 aliphatic rings. The number of amides is 4. The number of benzene rings is 2. The predicted molar refractivity (Wildman–Crippen MR) is 154 cm³/mol. The lowest BCUT2D eigenvalue weighted by atomic mass is 10.0. The lowest BCUT2D eigenvalue weighted by Crippen LogP contribution is -2.52. The molecule has 0 bridgehead atoms. The molecule has 4 amide bonds. The zero-order valence-electron chi connectivity index (χ0n) is 23.5. The molecular weight excluding hydrogens is 600 g/mol. The van der Waals surface area contributed by atoms with Crippen molar-refractivity contribution in [1.29, 1.82) is 0 Å². The minimum absolute atomic E-state index is 0.150. The van der Waals surface area contributed by atoms with Crippen LogP contribution in [0.3, 0.4) is 0 Å². The van der Waals surface area contributed by atoms with Crippen LogP contribution >= 0.6 is 0 Å². The largest absolute Gasteiger partial charge is 0.481 e. The van der Waals surface area contributed by atoms with Gasteiger partial charge in [-0.05, 0) is 11.1 Å². The van der Waals surface area contributed by atoms with Gasteiger partial charge in [0.05, 0.1) is 25.4 Å². The number of carboxylic acids is 2. The van der Waals surface area contributed by atoms with E-state index in [2.05, 4.69) is 21.3 Å². The number of carbonyl (C=O) groups excluding carboxylic acids is 4. The Hall–Kier alpha value is -5.25. The third-order valence-corrected chi connectivity index (χ3v) is 6.26. The van der Waals surface area contributed by atoms with Crippen molar-refractivity contribution in [2.24, 2.45) is 0 Å². The maximum Gasteiger partial charge on any atom is 0.408 e. The van der Waals surface area contributed by atoms with Gasteiger partial charge >= 0.3 is 18.0 Å². The number of rotatable bonds is 16. The molecule has 0 unspecified atom stereocenters. The Morgan fingerprint density at radius 1 is 0.818 bits per heavy atom. The van der Waals surface area contributed by atoms with Crippen LogP contribution in [0.5, 0.6) is 0 Å². The molecule has 16 heteroatoms. The molecule has 0 saturated heterocycles. The summed E-state index contributed by atoms with van der Waals surface area (Å²) in [4.78, 5) is 73.5. The van der Waals surface area contributed by atoms with Crippen molar-refractivity contribution in [3.8, 4) is 0 Å². The molecule has 0 heterocycles. The van der Waals surface area contributed by atoms with Crippen LogP contribution < -0.4 is 21.3 Å². The summed E-state index contributed by atoms with van der Waals surface area (Å²) in [5, 5.41) is 28.2. The normalized spacial score (nSPS) is 13.1. The van der Waals surface area contributed by atoms with Gasteiger partial charge in [-0.3, -0.25) is 24.0 Å². The summed E-state index contributed by atoms with van der Waals surface area (Å²) in [7, 11) is -3.61. The Morgan fingerprint density at radius 2 is 1.41 bits per heavy atom. The first kappa shape index (κ1) is 34.9. The average Bonchev–Trinajstić information content (AvgIpc) is 2.96. The van der Waals surface area contributed by atoms with E-state index in [9.17, 15) is 42.3 Å². The lowest BCUT2D eigenvalue weighted by Gasteiger charge is -2.23. The number of carboxylic acid groups (broad SMARTS) is 2. The van der Waals surface area contributed by atoms with Crippen molar-refractivity contribution < 1.29 is 52.1 Å². The maximum absolute atomic E-state index is 13.1. The third kappa shape index (κ3) is 13.6. The second-order valence-electron chi connectivity index (χ2n) is 9.36. The number of hydrogen-bond donors (Lipinski definition) is 6. The number of sulfone groups is 1. The highest BCUT2D eigenvalue weighted by Gasteiger charge is 2.30. The van der Waals surface area contributed by atoms with Crippen LogP contribution in [0.4, 0.5) is 4.79 Å². The van der Waals surface area contributed by atoms with Crippen LogP contribution in [0.1, 0.15) is 30.0 Å². The molecule has 0 aromatic heterocycles. The van der Waals surface area contributed by atoms with Gasteiger partial charge in [0.15, 0.2) is 9.84 Å². The lowest BCUT2D eigenvalue weighted by molar-refractivity contribution is -0.140. The SMILES string of the molecule is CS(=O)(=O)/C=C/[C@H](CC(=O)O)NC(=O)CNC(=O)[C@@H](NC(=O)[C@H](CC(=O)O)NC(=O)OCc1ccccc1)c1ccccc1. The second-order valence-corrected chi connectivity index (χ2v) is 11.3. The minimum atomic E-state index is -3.61. The van der Waals surface area contributed by atoms with Crippen LogP contribution in [0.25, 0.3) is 0 Å². The first-order chi connectivity index (χ1) is 20.7. The fourth-order valence-corrected chi connectivity index (χ4v) is 4.07. The molecule has 15 nitrogen and oxygen atoms in total. The van der Waals surface area contributed by atoms with E-state index in [1.165, 1.54) is 12.1 Å². The fraction of sp³-hybridized carbons (Fsp3) is 0.286. The van der Waals surface area contributed by atoms with Gasteiger partial charge in [-0.2, -0.15) is 0 Å². The summed E-state index contributed by atoms with van der Waals surface area (Å²) in [6.45, 7) is -0.841. The maximum atomic E-state index is 13.1. The summed E-state index contributed by atoms with van der Waals surface area (Å²) in [6, 6.07) is 12.0. The molecule has 6 N–H and O–H groups in total. The molecule has 3 atom stereocenters. The highest BCUT2D eigenvalue weighted by atomic mass is 32.2. The van der Waals surface area contributed by atoms with Gasteiger partial charge in [-0.15, -0.1) is 0 Å². The van der Waals surface area contributed by atoms with E-state index in [-0.39, 0.29) is 12.2 Å². The van der Waals surface area contributed by atoms with E-state index < -0.39 is 83.1 Å². The van der Waals surface area contributed by atoms with Gasteiger partial charge < -0.3 is 36.2 Å². The number of aliphatic carboxylic acids is 2. The van der Waals surface area contributed by atoms with Crippen LogP contribution in [0.15, 0.2) is 72.1 Å². The number of carbonyl (C=O) groups is 6. The predicted octanol–water partition coefficient (Wildman–Crippen LogP) is 0.248. The average molecular weight is 633 g/mol. The van der Waals surface area contributed by atoms with E-state index in [0.717, 1.165) is 17.7 Å². The molecule has 44 heavy (non-hydrogen) atoms. The zero-order valence-corrected chi connectivity index (χ0v) is 24.3. The van der Waals surface area contributed by atoms with Gasteiger partial charge in [0, 0.05) is 11.7 Å². The van der Waals surface area contributed by atoms with E-state index in [1.54, 1.807) is 48.5 Å². The molecular formula is C28H32N4O11S. The number of hydrogen-bond acceptors (Lipinski definition) is 9. The van der Waals surface area contributed by atoms with Crippen molar-refractivity contribution in [2.45, 2.75) is 37.6 Å². The third-order valence-electron chi connectivity index (χ3n) is 5.60. The summed E-state index contributed by atoms with van der Waals surface area (Å²) in [6.07, 6.45) is -0.694. The molecule has 0 spiro atoms. The van der Waals surface area contributed by atoms with E-state index >= 15 is 0 Å². The van der Waals surface area contributed by atoms with Crippen LogP contribution in [0, 0.1) is 0 Å². The molecule has 0 aliphatic carbocycles. The minimum Gasteiger partial charge on any atom is -0.481 e. The molecule has 2 aromatic rings. The number of ether oxygens (including phenoxy) is 1. The summed E-state index contributed by atoms with van der Waals surface area (Å²) < 4.78 is 27.8. The Balaban J connectivity index is 2.12. The van der Waals surface area contributed by atoms with Gasteiger partial charge in [0.25, 0.3) is 0 Å². The Morgan fingerprint density at radius 3 is 1.98 bits per heavy atom. The first-order valence-corrected chi connectivity index (χ1v) is 14.9.